The van der Waals surface area contributed by atoms with Gasteiger partial charge in [-0.15, -0.1) is 0 Å². The Morgan fingerprint density at radius 1 is 1.32 bits per heavy atom. The lowest BCUT2D eigenvalue weighted by atomic mass is 10.1. The standard InChI is InChI=1S/C16H23BrN2O3/c1-3-21-14-9-12(17)13(10-15(14)22-4-2)19-16(20)8-11-6-5-7-18-11/h9-11,18H,3-8H2,1-2H3,(H,19,20). The monoisotopic (exact) mass is 370 g/mol. The van der Waals surface area contributed by atoms with Crippen molar-refractivity contribution >= 4 is 27.5 Å². The number of halogens is 1. The van der Waals surface area contributed by atoms with Crippen LogP contribution in [0.25, 0.3) is 0 Å². The van der Waals surface area contributed by atoms with Crippen LogP contribution in [0.2, 0.25) is 0 Å². The summed E-state index contributed by atoms with van der Waals surface area (Å²) in [6.45, 7) is 5.95. The topological polar surface area (TPSA) is 59.6 Å². The quantitative estimate of drug-likeness (QED) is 0.772. The molecule has 0 aliphatic carbocycles. The molecule has 5 nitrogen and oxygen atoms in total. The van der Waals surface area contributed by atoms with E-state index in [1.165, 1.54) is 0 Å². The molecular weight excluding hydrogens is 348 g/mol. The number of carbonyl (C=O) groups is 1. The molecule has 6 heteroatoms. The maximum Gasteiger partial charge on any atom is 0.225 e. The van der Waals surface area contributed by atoms with Crippen LogP contribution in [0.3, 0.4) is 0 Å². The molecule has 1 aromatic rings. The van der Waals surface area contributed by atoms with E-state index >= 15 is 0 Å². The van der Waals surface area contributed by atoms with Crippen molar-refractivity contribution in [1.82, 2.24) is 5.32 Å². The van der Waals surface area contributed by atoms with Crippen LogP contribution >= 0.6 is 15.9 Å². The largest absolute Gasteiger partial charge is 0.490 e. The Labute approximate surface area is 139 Å². The number of amides is 1. The molecule has 1 amide bonds. The highest BCUT2D eigenvalue weighted by molar-refractivity contribution is 9.10. The van der Waals surface area contributed by atoms with Gasteiger partial charge in [0.2, 0.25) is 5.91 Å². The Balaban J connectivity index is 2.08. The fourth-order valence-electron chi connectivity index (χ4n) is 2.52. The summed E-state index contributed by atoms with van der Waals surface area (Å²) < 4.78 is 11.9. The number of rotatable bonds is 7. The van der Waals surface area contributed by atoms with Crippen molar-refractivity contribution in [2.75, 3.05) is 25.1 Å². The molecule has 0 spiro atoms. The van der Waals surface area contributed by atoms with E-state index in [1.54, 1.807) is 6.07 Å². The molecule has 1 atom stereocenters. The van der Waals surface area contributed by atoms with Gasteiger partial charge in [-0.2, -0.15) is 0 Å². The summed E-state index contributed by atoms with van der Waals surface area (Å²) in [7, 11) is 0. The van der Waals surface area contributed by atoms with Crippen LogP contribution in [-0.4, -0.2) is 31.7 Å². The minimum absolute atomic E-state index is 0.00621. The summed E-state index contributed by atoms with van der Waals surface area (Å²) in [6.07, 6.45) is 2.69. The zero-order valence-electron chi connectivity index (χ0n) is 13.1. The lowest BCUT2D eigenvalue weighted by molar-refractivity contribution is -0.116. The molecule has 0 bridgehead atoms. The minimum atomic E-state index is 0.00621. The second kappa shape index (κ2) is 8.39. The number of carbonyl (C=O) groups excluding carboxylic acids is 1. The van der Waals surface area contributed by atoms with Crippen molar-refractivity contribution in [3.63, 3.8) is 0 Å². The number of hydrogen-bond acceptors (Lipinski definition) is 4. The summed E-state index contributed by atoms with van der Waals surface area (Å²) in [5.41, 5.74) is 0.704. The van der Waals surface area contributed by atoms with Crippen molar-refractivity contribution in [2.24, 2.45) is 0 Å². The van der Waals surface area contributed by atoms with Crippen LogP contribution in [0.1, 0.15) is 33.1 Å². The molecule has 1 saturated heterocycles. The second-order valence-corrected chi connectivity index (χ2v) is 6.04. The Hall–Kier alpha value is -1.27. The van der Waals surface area contributed by atoms with Crippen LogP contribution in [0.5, 0.6) is 11.5 Å². The van der Waals surface area contributed by atoms with E-state index < -0.39 is 0 Å². The Morgan fingerprint density at radius 3 is 2.59 bits per heavy atom. The normalized spacial score (nSPS) is 17.3. The molecule has 122 valence electrons. The lowest BCUT2D eigenvalue weighted by Crippen LogP contribution is -2.27. The van der Waals surface area contributed by atoms with Gasteiger partial charge in [-0.3, -0.25) is 4.79 Å². The average Bonchev–Trinajstić information content (AvgIpc) is 2.97. The van der Waals surface area contributed by atoms with Gasteiger partial charge in [-0.1, -0.05) is 0 Å². The van der Waals surface area contributed by atoms with Crippen LogP contribution in [0.15, 0.2) is 16.6 Å². The van der Waals surface area contributed by atoms with Crippen LogP contribution in [-0.2, 0) is 4.79 Å². The van der Waals surface area contributed by atoms with Gasteiger partial charge in [-0.05, 0) is 49.2 Å². The third kappa shape index (κ3) is 4.61. The lowest BCUT2D eigenvalue weighted by Gasteiger charge is -2.16. The molecule has 2 N–H and O–H groups in total. The predicted octanol–water partition coefficient (Wildman–Crippen LogP) is 3.33. The summed E-state index contributed by atoms with van der Waals surface area (Å²) in [4.78, 5) is 12.2. The van der Waals surface area contributed by atoms with E-state index in [0.29, 0.717) is 36.8 Å². The van der Waals surface area contributed by atoms with Gasteiger partial charge in [0.05, 0.1) is 18.9 Å². The van der Waals surface area contributed by atoms with Crippen LogP contribution < -0.4 is 20.1 Å². The third-order valence-electron chi connectivity index (χ3n) is 3.50. The second-order valence-electron chi connectivity index (χ2n) is 5.19. The molecule has 1 aliphatic rings. The van der Waals surface area contributed by atoms with Crippen molar-refractivity contribution in [3.05, 3.63) is 16.6 Å². The summed E-state index contributed by atoms with van der Waals surface area (Å²) in [5, 5.41) is 6.27. The molecule has 22 heavy (non-hydrogen) atoms. The maximum absolute atomic E-state index is 12.2. The van der Waals surface area contributed by atoms with Gasteiger partial charge < -0.3 is 20.1 Å². The highest BCUT2D eigenvalue weighted by Crippen LogP contribution is 2.36. The van der Waals surface area contributed by atoms with Gasteiger partial charge >= 0.3 is 0 Å². The summed E-state index contributed by atoms with van der Waals surface area (Å²) in [5.74, 6) is 1.32. The maximum atomic E-state index is 12.2. The Kier molecular flexibility index (Phi) is 6.51. The molecule has 0 aromatic heterocycles. The number of nitrogens with one attached hydrogen (secondary N) is 2. The predicted molar refractivity (Wildman–Crippen MR) is 90.8 cm³/mol. The van der Waals surface area contributed by atoms with Gasteiger partial charge in [0.1, 0.15) is 0 Å². The molecule has 2 rings (SSSR count). The molecule has 1 unspecified atom stereocenters. The first-order chi connectivity index (χ1) is 10.6. The molecule has 1 fully saturated rings. The fraction of sp³-hybridized carbons (Fsp3) is 0.562. The third-order valence-corrected chi connectivity index (χ3v) is 4.16. The van der Waals surface area contributed by atoms with E-state index in [0.717, 1.165) is 23.9 Å². The van der Waals surface area contributed by atoms with E-state index in [1.807, 2.05) is 19.9 Å². The summed E-state index contributed by atoms with van der Waals surface area (Å²) >= 11 is 3.48. The van der Waals surface area contributed by atoms with Crippen LogP contribution in [0.4, 0.5) is 5.69 Å². The van der Waals surface area contributed by atoms with Crippen molar-refractivity contribution in [1.29, 1.82) is 0 Å². The van der Waals surface area contributed by atoms with Crippen LogP contribution in [0, 0.1) is 0 Å². The molecule has 1 aromatic carbocycles. The van der Waals surface area contributed by atoms with Gasteiger partial charge in [0.15, 0.2) is 11.5 Å². The average molecular weight is 371 g/mol. The smallest absolute Gasteiger partial charge is 0.225 e. The first kappa shape index (κ1) is 17.1. The number of hydrogen-bond donors (Lipinski definition) is 2. The van der Waals surface area contributed by atoms with Crippen molar-refractivity contribution < 1.29 is 14.3 Å². The van der Waals surface area contributed by atoms with Crippen molar-refractivity contribution in [3.8, 4) is 11.5 Å². The first-order valence-corrected chi connectivity index (χ1v) is 8.55. The van der Waals surface area contributed by atoms with Gasteiger partial charge in [-0.25, -0.2) is 0 Å². The summed E-state index contributed by atoms with van der Waals surface area (Å²) in [6, 6.07) is 3.92. The molecular formula is C16H23BrN2O3. The SMILES string of the molecule is CCOc1cc(Br)c(NC(=O)CC2CCCN2)cc1OCC. The van der Waals surface area contributed by atoms with E-state index in [9.17, 15) is 4.79 Å². The number of benzene rings is 1. The van der Waals surface area contributed by atoms with Gasteiger partial charge in [0.25, 0.3) is 0 Å². The number of ether oxygens (including phenoxy) is 2. The molecule has 1 aliphatic heterocycles. The molecule has 0 radical (unpaired) electrons. The highest BCUT2D eigenvalue weighted by Gasteiger charge is 2.19. The zero-order chi connectivity index (χ0) is 15.9. The number of anilines is 1. The van der Waals surface area contributed by atoms with E-state index in [4.69, 9.17) is 9.47 Å². The molecule has 0 saturated carbocycles. The first-order valence-electron chi connectivity index (χ1n) is 7.76. The Morgan fingerprint density at radius 2 is 2.00 bits per heavy atom. The van der Waals surface area contributed by atoms with E-state index in [2.05, 4.69) is 26.6 Å². The van der Waals surface area contributed by atoms with Crippen molar-refractivity contribution in [2.45, 2.75) is 39.2 Å². The molecule has 1 heterocycles. The highest BCUT2D eigenvalue weighted by atomic mass is 79.9. The fourth-order valence-corrected chi connectivity index (χ4v) is 2.94. The minimum Gasteiger partial charge on any atom is -0.490 e. The van der Waals surface area contributed by atoms with E-state index in [-0.39, 0.29) is 11.9 Å². The van der Waals surface area contributed by atoms with Gasteiger partial charge in [0, 0.05) is 29.1 Å². The Bertz CT molecular complexity index is 516. The zero-order valence-corrected chi connectivity index (χ0v) is 14.7.